The number of anilines is 1. The molecule has 2 rings (SSSR count). The average molecular weight is 518 g/mol. The Balaban J connectivity index is 2.34. The van der Waals surface area contributed by atoms with Crippen molar-refractivity contribution in [3.05, 3.63) is 28.7 Å². The highest BCUT2D eigenvalue weighted by molar-refractivity contribution is 5.91. The van der Waals surface area contributed by atoms with Crippen molar-refractivity contribution in [1.82, 2.24) is 0 Å². The minimum atomic E-state index is -3.20. The molecule has 1 aliphatic rings. The summed E-state index contributed by atoms with van der Waals surface area (Å²) in [5.74, 6) is -6.02. The molecule has 14 heteroatoms. The Morgan fingerprint density at radius 2 is 2.00 bits per heavy atom. The number of aliphatic hydroxyl groups excluding tert-OH is 2. The van der Waals surface area contributed by atoms with E-state index in [1.54, 1.807) is 0 Å². The predicted octanol–water partition coefficient (Wildman–Crippen LogP) is 1.86. The van der Waals surface area contributed by atoms with Crippen LogP contribution >= 0.6 is 0 Å². The minimum absolute atomic E-state index is 0.0316. The highest BCUT2D eigenvalue weighted by atomic mass is 19.3. The summed E-state index contributed by atoms with van der Waals surface area (Å²) in [6.07, 6.45) is -7.53. The molecule has 12 nitrogen and oxygen atoms in total. The first kappa shape index (κ1) is 29.2. The molecule has 1 aromatic carbocycles. The second-order valence-corrected chi connectivity index (χ2v) is 8.58. The van der Waals surface area contributed by atoms with Crippen molar-refractivity contribution in [2.24, 2.45) is 5.18 Å². The van der Waals surface area contributed by atoms with Crippen LogP contribution in [0.5, 0.6) is 5.75 Å². The first-order chi connectivity index (χ1) is 16.8. The minimum Gasteiger partial charge on any atom is -0.476 e. The van der Waals surface area contributed by atoms with Crippen LogP contribution in [0, 0.1) is 4.91 Å². The third-order valence-corrected chi connectivity index (χ3v) is 5.41. The number of rotatable bonds is 13. The van der Waals surface area contributed by atoms with Crippen LogP contribution in [-0.4, -0.2) is 68.4 Å². The predicted molar refractivity (Wildman–Crippen MR) is 118 cm³/mol. The van der Waals surface area contributed by atoms with Crippen molar-refractivity contribution in [2.45, 2.75) is 75.6 Å². The van der Waals surface area contributed by atoms with Crippen LogP contribution in [-0.2, 0) is 19.1 Å². The van der Waals surface area contributed by atoms with Crippen LogP contribution in [0.2, 0.25) is 0 Å². The van der Waals surface area contributed by atoms with Gasteiger partial charge in [-0.15, -0.1) is 4.91 Å². The molecule has 1 aliphatic heterocycles. The molecule has 0 radical (unpaired) electrons. The molecule has 0 aliphatic carbocycles. The normalized spacial score (nSPS) is 24.7. The summed E-state index contributed by atoms with van der Waals surface area (Å²) in [6, 6.07) is 2.98. The smallest absolute Gasteiger partial charge is 0.377 e. The van der Waals surface area contributed by atoms with Crippen molar-refractivity contribution >= 4 is 23.3 Å². The molecule has 200 valence electrons. The van der Waals surface area contributed by atoms with E-state index in [9.17, 15) is 43.4 Å². The molecule has 0 bridgehead atoms. The maximum Gasteiger partial charge on any atom is 0.377 e. The summed E-state index contributed by atoms with van der Waals surface area (Å²) in [5.41, 5.74) is -3.40. The number of alkyl halides is 2. The molecule has 5 N–H and O–H groups in total. The molecular weight excluding hydrogens is 490 g/mol. The van der Waals surface area contributed by atoms with Gasteiger partial charge in [0, 0.05) is 31.4 Å². The number of carboxylic acids is 1. The fourth-order valence-electron chi connectivity index (χ4n) is 3.76. The van der Waals surface area contributed by atoms with E-state index in [2.05, 4.69) is 10.5 Å². The van der Waals surface area contributed by atoms with Gasteiger partial charge in [0.2, 0.25) is 11.6 Å². The number of ether oxygens (including phenoxy) is 2. The second-order valence-electron chi connectivity index (χ2n) is 8.58. The van der Waals surface area contributed by atoms with Crippen molar-refractivity contribution < 1.29 is 53.1 Å². The summed E-state index contributed by atoms with van der Waals surface area (Å²) in [5, 5.41) is 44.0. The van der Waals surface area contributed by atoms with Crippen molar-refractivity contribution in [3.8, 4) is 5.75 Å². The Morgan fingerprint density at radius 3 is 2.56 bits per heavy atom. The Bertz CT molecular complexity index is 978. The monoisotopic (exact) mass is 518 g/mol. The van der Waals surface area contributed by atoms with Crippen molar-refractivity contribution in [1.29, 1.82) is 0 Å². The van der Waals surface area contributed by atoms with E-state index in [-0.39, 0.29) is 30.7 Å². The lowest BCUT2D eigenvalue weighted by atomic mass is 9.90. The van der Waals surface area contributed by atoms with Crippen molar-refractivity contribution in [3.63, 3.8) is 0 Å². The van der Waals surface area contributed by atoms with Gasteiger partial charge in [0.15, 0.2) is 0 Å². The third-order valence-electron chi connectivity index (χ3n) is 5.41. The zero-order chi connectivity index (χ0) is 27.1. The number of Topliss-reactive ketones (excluding diaryl/α,β-unsaturated/α-hetero) is 1. The van der Waals surface area contributed by atoms with Gasteiger partial charge in [0.1, 0.15) is 11.5 Å². The Hall–Kier alpha value is -3.07. The van der Waals surface area contributed by atoms with E-state index >= 15 is 0 Å². The van der Waals surface area contributed by atoms with E-state index in [1.807, 2.05) is 0 Å². The first-order valence-corrected chi connectivity index (χ1v) is 11.0. The standard InChI is InChI=1S/C22H28F2N2O10/c1-12(28)3-2-4-18(30)25-13-5-6-17(16(7-13)19(23)24)36-22(20(31)32)11-21(33,26-34)9-15(35-22)8-14(29)10-27/h5-7,14-15,19,27,29,33H,2-4,8-11H2,1H3,(H,25,30)(H,31,32)/t14-,15?,21+,22-/m0/s1. The molecule has 4 atom stereocenters. The molecule has 1 amide bonds. The van der Waals surface area contributed by atoms with Gasteiger partial charge in [-0.3, -0.25) is 4.79 Å². The second kappa shape index (κ2) is 12.3. The lowest BCUT2D eigenvalue weighted by molar-refractivity contribution is -0.278. The fraction of sp³-hybridized carbons (Fsp3) is 0.591. The molecule has 1 saturated heterocycles. The number of carbonyl (C=O) groups excluding carboxylic acids is 2. The Morgan fingerprint density at radius 1 is 1.31 bits per heavy atom. The van der Waals surface area contributed by atoms with E-state index in [0.717, 1.165) is 12.1 Å². The summed E-state index contributed by atoms with van der Waals surface area (Å²) in [4.78, 5) is 46.4. The lowest BCUT2D eigenvalue weighted by Gasteiger charge is -2.43. The van der Waals surface area contributed by atoms with Crippen LogP contribution in [0.4, 0.5) is 14.5 Å². The lowest BCUT2D eigenvalue weighted by Crippen LogP contribution is -2.59. The zero-order valence-electron chi connectivity index (χ0n) is 19.4. The molecule has 0 saturated carbocycles. The van der Waals surface area contributed by atoms with Gasteiger partial charge in [0.25, 0.3) is 6.43 Å². The van der Waals surface area contributed by atoms with Gasteiger partial charge in [0.05, 0.1) is 30.8 Å². The van der Waals surface area contributed by atoms with Crippen LogP contribution < -0.4 is 10.1 Å². The number of ketones is 1. The largest absolute Gasteiger partial charge is 0.476 e. The van der Waals surface area contributed by atoms with Gasteiger partial charge in [-0.25, -0.2) is 13.6 Å². The van der Waals surface area contributed by atoms with E-state index < -0.39 is 79.2 Å². The number of amides is 1. The molecule has 1 unspecified atom stereocenters. The maximum atomic E-state index is 13.8. The van der Waals surface area contributed by atoms with Crippen molar-refractivity contribution in [2.75, 3.05) is 11.9 Å². The topological polar surface area (TPSA) is 192 Å². The molecule has 0 spiro atoms. The van der Waals surface area contributed by atoms with Crippen LogP contribution in [0.1, 0.15) is 57.4 Å². The zero-order valence-corrected chi connectivity index (χ0v) is 19.4. The number of hydrogen-bond acceptors (Lipinski definition) is 10. The summed E-state index contributed by atoms with van der Waals surface area (Å²) >= 11 is 0. The van der Waals surface area contributed by atoms with Crippen LogP contribution in [0.25, 0.3) is 0 Å². The molecule has 36 heavy (non-hydrogen) atoms. The number of nitroso groups, excluding NO2 is 1. The summed E-state index contributed by atoms with van der Waals surface area (Å²) in [7, 11) is 0. The highest BCUT2D eigenvalue weighted by Crippen LogP contribution is 2.42. The first-order valence-electron chi connectivity index (χ1n) is 11.0. The summed E-state index contributed by atoms with van der Waals surface area (Å²) < 4.78 is 38.4. The highest BCUT2D eigenvalue weighted by Gasteiger charge is 2.57. The van der Waals surface area contributed by atoms with Gasteiger partial charge < -0.3 is 40.0 Å². The van der Waals surface area contributed by atoms with Gasteiger partial charge in [-0.05, 0) is 36.7 Å². The maximum absolute atomic E-state index is 13.8. The number of aliphatic carboxylic acids is 1. The molecule has 0 aromatic heterocycles. The Labute approximate surface area is 204 Å². The summed E-state index contributed by atoms with van der Waals surface area (Å²) in [6.45, 7) is 0.639. The van der Waals surface area contributed by atoms with Crippen LogP contribution in [0.3, 0.4) is 0 Å². The Kier molecular flexibility index (Phi) is 9.93. The quantitative estimate of drug-likeness (QED) is 0.241. The van der Waals surface area contributed by atoms with E-state index in [0.29, 0.717) is 0 Å². The number of carboxylic acid groups (broad SMARTS) is 1. The number of hydrogen-bond donors (Lipinski definition) is 5. The van der Waals surface area contributed by atoms with E-state index in [1.165, 1.54) is 13.0 Å². The molecule has 1 aromatic rings. The molecule has 1 fully saturated rings. The third kappa shape index (κ3) is 7.71. The van der Waals surface area contributed by atoms with Gasteiger partial charge in [-0.2, -0.15) is 0 Å². The number of nitrogens with zero attached hydrogens (tertiary/aromatic N) is 1. The van der Waals surface area contributed by atoms with E-state index in [4.69, 9.17) is 14.6 Å². The number of aliphatic hydroxyl groups is 3. The van der Waals surface area contributed by atoms with Gasteiger partial charge >= 0.3 is 11.8 Å². The molecule has 1 heterocycles. The number of halogens is 2. The number of benzene rings is 1. The number of nitrogens with one attached hydrogen (secondary N) is 1. The SMILES string of the molecule is CC(=O)CCCC(=O)Nc1ccc(O[C@]2(C(=O)O)C[C@@](O)(N=O)CC(C[C@H](O)CO)O2)c(C(F)F)c1. The van der Waals surface area contributed by atoms with Crippen LogP contribution in [0.15, 0.2) is 23.4 Å². The fourth-order valence-corrected chi connectivity index (χ4v) is 3.76. The average Bonchev–Trinajstić information content (AvgIpc) is 2.79. The number of carbonyl (C=O) groups is 3. The molecular formula is C22H28F2N2O10. The van der Waals surface area contributed by atoms with Gasteiger partial charge in [-0.1, -0.05) is 0 Å².